The van der Waals surface area contributed by atoms with E-state index < -0.39 is 28.5 Å². The van der Waals surface area contributed by atoms with Crippen molar-refractivity contribution in [2.45, 2.75) is 13.5 Å². The van der Waals surface area contributed by atoms with E-state index in [0.717, 1.165) is 4.90 Å². The van der Waals surface area contributed by atoms with Gasteiger partial charge in [-0.25, -0.2) is 0 Å². The van der Waals surface area contributed by atoms with Crippen molar-refractivity contribution in [1.29, 1.82) is 0 Å². The van der Waals surface area contributed by atoms with E-state index in [2.05, 4.69) is 5.32 Å². The van der Waals surface area contributed by atoms with Crippen molar-refractivity contribution >= 4 is 69.5 Å². The molecule has 0 spiro atoms. The smallest absolute Gasteiger partial charge is 0.294 e. The fraction of sp³-hybridized carbons (Fsp3) is 0.148. The Morgan fingerprint density at radius 2 is 1.77 bits per heavy atom. The van der Waals surface area contributed by atoms with Gasteiger partial charge in [0.15, 0.2) is 5.75 Å². The Labute approximate surface area is 243 Å². The third-order valence-corrected chi connectivity index (χ3v) is 6.92. The molecule has 1 fully saturated rings. The van der Waals surface area contributed by atoms with Gasteiger partial charge in [0.25, 0.3) is 16.8 Å². The van der Waals surface area contributed by atoms with Crippen molar-refractivity contribution in [2.24, 2.45) is 0 Å². The molecule has 1 heterocycles. The maximum atomic E-state index is 12.9. The number of hydrogen-bond donors (Lipinski definition) is 1. The minimum absolute atomic E-state index is 0.0158. The molecule has 1 saturated heterocycles. The number of rotatable bonds is 10. The van der Waals surface area contributed by atoms with E-state index >= 15 is 0 Å². The molecule has 1 aliphatic heterocycles. The molecule has 1 aliphatic rings. The Morgan fingerprint density at radius 1 is 1.07 bits per heavy atom. The number of hydrogen-bond acceptors (Lipinski definition) is 8. The molecule has 10 nitrogen and oxygen atoms in total. The Hall–Kier alpha value is -4.06. The number of nitro benzene ring substituents is 1. The number of benzene rings is 3. The minimum atomic E-state index is -0.630. The molecule has 4 rings (SSSR count). The molecule has 3 amide bonds. The van der Waals surface area contributed by atoms with Gasteiger partial charge in [-0.1, -0.05) is 35.3 Å². The second kappa shape index (κ2) is 12.9. The molecule has 0 atom stereocenters. The topological polar surface area (TPSA) is 128 Å². The normalized spacial score (nSPS) is 14.0. The van der Waals surface area contributed by atoms with Crippen molar-refractivity contribution in [2.75, 3.05) is 18.5 Å². The summed E-state index contributed by atoms with van der Waals surface area (Å²) in [4.78, 5) is 49.2. The number of non-ortho nitro benzene ring substituents is 1. The Morgan fingerprint density at radius 3 is 2.42 bits per heavy atom. The van der Waals surface area contributed by atoms with Gasteiger partial charge >= 0.3 is 0 Å². The van der Waals surface area contributed by atoms with Crippen LogP contribution in [0.4, 0.5) is 16.2 Å². The van der Waals surface area contributed by atoms with Gasteiger partial charge < -0.3 is 14.8 Å². The van der Waals surface area contributed by atoms with Gasteiger partial charge in [0, 0.05) is 17.8 Å². The van der Waals surface area contributed by atoms with Gasteiger partial charge in [-0.05, 0) is 72.3 Å². The molecule has 0 bridgehead atoms. The molecule has 40 heavy (non-hydrogen) atoms. The third-order valence-electron chi connectivity index (χ3n) is 5.45. The highest BCUT2D eigenvalue weighted by Crippen LogP contribution is 2.38. The second-order valence-corrected chi connectivity index (χ2v) is 10.1. The zero-order valence-corrected chi connectivity index (χ0v) is 23.2. The Balaban J connectivity index is 1.41. The van der Waals surface area contributed by atoms with E-state index in [9.17, 15) is 24.5 Å². The number of thioether (sulfide) groups is 1. The molecular formula is C27H21Cl2N3O7S. The molecule has 0 aliphatic carbocycles. The zero-order valence-electron chi connectivity index (χ0n) is 20.9. The highest BCUT2D eigenvalue weighted by atomic mass is 35.5. The highest BCUT2D eigenvalue weighted by molar-refractivity contribution is 8.18. The molecule has 206 valence electrons. The summed E-state index contributed by atoms with van der Waals surface area (Å²) in [5.41, 5.74) is 1.40. The van der Waals surface area contributed by atoms with Gasteiger partial charge in [0.2, 0.25) is 5.91 Å². The van der Waals surface area contributed by atoms with Crippen molar-refractivity contribution < 1.29 is 28.8 Å². The first-order chi connectivity index (χ1) is 19.1. The van der Waals surface area contributed by atoms with E-state index in [4.69, 9.17) is 32.7 Å². The summed E-state index contributed by atoms with van der Waals surface area (Å²) in [6.45, 7) is 1.90. The van der Waals surface area contributed by atoms with Gasteiger partial charge in [0.1, 0.15) is 18.9 Å². The lowest BCUT2D eigenvalue weighted by molar-refractivity contribution is -0.384. The number of halogens is 2. The average molecular weight is 602 g/mol. The quantitative estimate of drug-likeness (QED) is 0.157. The van der Waals surface area contributed by atoms with Crippen LogP contribution in [-0.2, 0) is 16.2 Å². The van der Waals surface area contributed by atoms with Crippen molar-refractivity contribution in [3.63, 3.8) is 0 Å². The lowest BCUT2D eigenvalue weighted by atomic mass is 10.2. The average Bonchev–Trinajstić information content (AvgIpc) is 3.16. The van der Waals surface area contributed by atoms with Gasteiger partial charge in [-0.2, -0.15) is 0 Å². The maximum Gasteiger partial charge on any atom is 0.294 e. The van der Waals surface area contributed by atoms with Gasteiger partial charge in [0.05, 0.1) is 26.5 Å². The van der Waals surface area contributed by atoms with Crippen LogP contribution in [-0.4, -0.2) is 40.0 Å². The number of imide groups is 1. The monoisotopic (exact) mass is 601 g/mol. The van der Waals surface area contributed by atoms with E-state index in [1.807, 2.05) is 6.92 Å². The number of nitro groups is 1. The van der Waals surface area contributed by atoms with Crippen LogP contribution >= 0.6 is 35.0 Å². The van der Waals surface area contributed by atoms with E-state index in [0.29, 0.717) is 40.9 Å². The first-order valence-electron chi connectivity index (χ1n) is 11.8. The summed E-state index contributed by atoms with van der Waals surface area (Å²) in [7, 11) is 0. The lowest BCUT2D eigenvalue weighted by Gasteiger charge is -2.13. The van der Waals surface area contributed by atoms with Gasteiger partial charge in [-0.15, -0.1) is 0 Å². The fourth-order valence-electron chi connectivity index (χ4n) is 3.65. The van der Waals surface area contributed by atoms with Crippen LogP contribution in [0, 0.1) is 10.1 Å². The maximum absolute atomic E-state index is 12.9. The number of carbonyl (C=O) groups excluding carboxylic acids is 3. The van der Waals surface area contributed by atoms with E-state index in [1.165, 1.54) is 30.3 Å². The number of amides is 3. The largest absolute Gasteiger partial charge is 0.494 e. The molecule has 0 aromatic heterocycles. The summed E-state index contributed by atoms with van der Waals surface area (Å²) in [5.74, 6) is -0.357. The first kappa shape index (κ1) is 28.9. The zero-order chi connectivity index (χ0) is 28.8. The summed E-state index contributed by atoms with van der Waals surface area (Å²) in [6.07, 6.45) is 1.44. The summed E-state index contributed by atoms with van der Waals surface area (Å²) < 4.78 is 11.0. The van der Waals surface area contributed by atoms with Crippen molar-refractivity contribution in [1.82, 2.24) is 4.90 Å². The minimum Gasteiger partial charge on any atom is -0.494 e. The third kappa shape index (κ3) is 7.12. The molecule has 0 radical (unpaired) electrons. The molecular weight excluding hydrogens is 581 g/mol. The first-order valence-corrected chi connectivity index (χ1v) is 13.3. The molecule has 0 unspecified atom stereocenters. The predicted octanol–water partition coefficient (Wildman–Crippen LogP) is 6.55. The predicted molar refractivity (Wildman–Crippen MR) is 153 cm³/mol. The molecule has 3 aromatic rings. The van der Waals surface area contributed by atoms with E-state index in [-0.39, 0.29) is 33.0 Å². The fourth-order valence-corrected chi connectivity index (χ4v) is 5.10. The van der Waals surface area contributed by atoms with Crippen LogP contribution in [0.1, 0.15) is 18.1 Å². The number of nitrogens with one attached hydrogen (secondary N) is 1. The number of nitrogens with zero attached hydrogens (tertiary/aromatic N) is 2. The number of anilines is 1. The van der Waals surface area contributed by atoms with Crippen LogP contribution < -0.4 is 14.8 Å². The van der Waals surface area contributed by atoms with Crippen LogP contribution in [0.25, 0.3) is 6.08 Å². The summed E-state index contributed by atoms with van der Waals surface area (Å²) in [6, 6.07) is 15.7. The summed E-state index contributed by atoms with van der Waals surface area (Å²) in [5, 5.41) is 13.3. The highest BCUT2D eigenvalue weighted by Gasteiger charge is 2.36. The van der Waals surface area contributed by atoms with Crippen LogP contribution in [0.3, 0.4) is 0 Å². The second-order valence-electron chi connectivity index (χ2n) is 8.30. The standard InChI is InChI=1S/C27H21Cl2N3O7S/c1-2-38-20-8-6-18(7-9-20)30-24(33)14-31-26(34)23(40-27(31)35)13-17-11-21(28)25(22(29)12-17)39-15-16-4-3-5-19(10-16)32(36)37/h3-13H,2,14-15H2,1H3,(H,30,33)/b23-13+. The molecule has 3 aromatic carbocycles. The molecule has 0 saturated carbocycles. The molecule has 13 heteroatoms. The van der Waals surface area contributed by atoms with Crippen molar-refractivity contribution in [3.05, 3.63) is 96.9 Å². The number of carbonyl (C=O) groups is 3. The van der Waals surface area contributed by atoms with E-state index in [1.54, 1.807) is 36.4 Å². The number of ether oxygens (including phenoxy) is 2. The Bertz CT molecular complexity index is 1490. The van der Waals surface area contributed by atoms with Gasteiger partial charge in [-0.3, -0.25) is 29.4 Å². The SMILES string of the molecule is CCOc1ccc(NC(=O)CN2C(=O)S/C(=C/c3cc(Cl)c(OCc4cccc([N+](=O)[O-])c4)c(Cl)c3)C2=O)cc1. The van der Waals surface area contributed by atoms with Crippen LogP contribution in [0.2, 0.25) is 10.0 Å². The van der Waals surface area contributed by atoms with Crippen LogP contribution in [0.5, 0.6) is 11.5 Å². The summed E-state index contributed by atoms with van der Waals surface area (Å²) >= 11 is 13.4. The van der Waals surface area contributed by atoms with Crippen molar-refractivity contribution in [3.8, 4) is 11.5 Å². The lowest BCUT2D eigenvalue weighted by Crippen LogP contribution is -2.36. The Kier molecular flexibility index (Phi) is 9.30. The van der Waals surface area contributed by atoms with Crippen LogP contribution in [0.15, 0.2) is 65.6 Å². The molecule has 1 N–H and O–H groups in total.